The van der Waals surface area contributed by atoms with Crippen molar-refractivity contribution < 1.29 is 19.1 Å². The Kier molecular flexibility index (Phi) is 9.37. The van der Waals surface area contributed by atoms with Crippen molar-refractivity contribution in [3.05, 3.63) is 65.7 Å². The van der Waals surface area contributed by atoms with Gasteiger partial charge in [0.05, 0.1) is 12.6 Å². The third kappa shape index (κ3) is 8.98. The van der Waals surface area contributed by atoms with Crippen molar-refractivity contribution in [1.29, 1.82) is 0 Å². The molecule has 0 heterocycles. The van der Waals surface area contributed by atoms with Gasteiger partial charge in [-0.1, -0.05) is 42.5 Å². The fourth-order valence-corrected chi connectivity index (χ4v) is 3.26. The molecule has 0 unspecified atom stereocenters. The molecule has 0 aliphatic heterocycles. The Morgan fingerprint density at radius 3 is 2.44 bits per heavy atom. The minimum Gasteiger partial charge on any atom is -0.493 e. The Hall–Kier alpha value is -3.06. The number of primary amides is 1. The van der Waals surface area contributed by atoms with Gasteiger partial charge in [-0.25, -0.2) is 4.79 Å². The molecule has 1 saturated carbocycles. The molecule has 1 fully saturated rings. The average Bonchev–Trinajstić information content (AvgIpc) is 3.64. The van der Waals surface area contributed by atoms with Crippen LogP contribution in [0.25, 0.3) is 0 Å². The van der Waals surface area contributed by atoms with E-state index in [4.69, 9.17) is 15.2 Å². The molecule has 3 rings (SSSR count). The molecule has 7 heteroatoms. The number of carbonyl (C=O) groups is 2. The zero-order chi connectivity index (χ0) is 22.6. The van der Waals surface area contributed by atoms with Crippen molar-refractivity contribution >= 4 is 12.0 Å². The van der Waals surface area contributed by atoms with E-state index in [0.717, 1.165) is 30.3 Å². The molecule has 1 aliphatic carbocycles. The van der Waals surface area contributed by atoms with Crippen molar-refractivity contribution in [3.63, 3.8) is 0 Å². The van der Waals surface area contributed by atoms with Gasteiger partial charge in [-0.15, -0.1) is 0 Å². The highest BCUT2D eigenvalue weighted by Gasteiger charge is 2.21. The molecule has 0 saturated heterocycles. The second-order valence-corrected chi connectivity index (χ2v) is 8.19. The van der Waals surface area contributed by atoms with E-state index in [-0.39, 0.29) is 12.5 Å². The maximum absolute atomic E-state index is 11.8. The molecule has 2 aromatic rings. The first-order valence-corrected chi connectivity index (χ1v) is 11.3. The monoisotopic (exact) mass is 439 g/mol. The molecule has 1 aliphatic rings. The van der Waals surface area contributed by atoms with Gasteiger partial charge in [0.2, 0.25) is 5.91 Å². The van der Waals surface area contributed by atoms with Crippen LogP contribution in [0.4, 0.5) is 4.79 Å². The van der Waals surface area contributed by atoms with Crippen LogP contribution in [0.5, 0.6) is 5.75 Å². The number of rotatable bonds is 14. The summed E-state index contributed by atoms with van der Waals surface area (Å²) < 4.78 is 10.9. The lowest BCUT2D eigenvalue weighted by Gasteiger charge is -2.16. The predicted octanol–water partition coefficient (Wildman–Crippen LogP) is 3.17. The van der Waals surface area contributed by atoms with Gasteiger partial charge in [-0.3, -0.25) is 4.79 Å². The highest BCUT2D eigenvalue weighted by molar-refractivity contribution is 5.79. The predicted molar refractivity (Wildman–Crippen MR) is 123 cm³/mol. The molecule has 7 nitrogen and oxygen atoms in total. The van der Waals surface area contributed by atoms with Crippen molar-refractivity contribution in [2.45, 2.75) is 44.8 Å². The number of nitrogens with one attached hydrogen (secondary N) is 2. The number of nitrogens with two attached hydrogens (primary N) is 1. The van der Waals surface area contributed by atoms with E-state index < -0.39 is 12.1 Å². The molecule has 0 bridgehead atoms. The summed E-state index contributed by atoms with van der Waals surface area (Å²) in [6.07, 6.45) is 4.04. The maximum Gasteiger partial charge on any atom is 0.407 e. The van der Waals surface area contributed by atoms with Gasteiger partial charge < -0.3 is 25.8 Å². The van der Waals surface area contributed by atoms with E-state index in [1.165, 1.54) is 18.4 Å². The quantitative estimate of drug-likeness (QED) is 0.393. The molecule has 172 valence electrons. The Bertz CT molecular complexity index is 838. The second kappa shape index (κ2) is 12.7. The SMILES string of the molecule is NC(=O)[C@@H](CCCNC(=O)OCc1ccccc1)NCCc1ccc(OCC2CC2)cc1. The van der Waals surface area contributed by atoms with Crippen molar-refractivity contribution in [3.8, 4) is 5.75 Å². The van der Waals surface area contributed by atoms with Crippen LogP contribution in [0.3, 0.4) is 0 Å². The minimum absolute atomic E-state index is 0.228. The first-order chi connectivity index (χ1) is 15.6. The highest BCUT2D eigenvalue weighted by atomic mass is 16.5. The van der Waals surface area contributed by atoms with Crippen LogP contribution in [0, 0.1) is 5.92 Å². The average molecular weight is 440 g/mol. The van der Waals surface area contributed by atoms with Gasteiger partial charge in [0.15, 0.2) is 0 Å². The number of amides is 2. The van der Waals surface area contributed by atoms with Gasteiger partial charge >= 0.3 is 6.09 Å². The number of hydrogen-bond donors (Lipinski definition) is 3. The van der Waals surface area contributed by atoms with Crippen LogP contribution in [0.2, 0.25) is 0 Å². The van der Waals surface area contributed by atoms with E-state index in [1.54, 1.807) is 0 Å². The van der Waals surface area contributed by atoms with Gasteiger partial charge in [0.25, 0.3) is 0 Å². The first kappa shape index (κ1) is 23.6. The fraction of sp³-hybridized carbons (Fsp3) is 0.440. The van der Waals surface area contributed by atoms with E-state index in [2.05, 4.69) is 10.6 Å². The lowest BCUT2D eigenvalue weighted by atomic mass is 10.1. The van der Waals surface area contributed by atoms with Crippen LogP contribution in [0.15, 0.2) is 54.6 Å². The summed E-state index contributed by atoms with van der Waals surface area (Å²) in [5.74, 6) is 1.25. The summed E-state index contributed by atoms with van der Waals surface area (Å²) in [6.45, 7) is 2.09. The number of alkyl carbamates (subject to hydrolysis) is 1. The Balaban J connectivity index is 1.27. The Labute approximate surface area is 189 Å². The standard InChI is InChI=1S/C25H33N3O4/c26-24(29)23(7-4-15-28-25(30)32-18-20-5-2-1-3-6-20)27-16-14-19-10-12-22(13-11-19)31-17-21-8-9-21/h1-3,5-6,10-13,21,23,27H,4,7-9,14-18H2,(H2,26,29)(H,28,30)/t23-/m1/s1. The van der Waals surface area contributed by atoms with E-state index in [1.807, 2.05) is 54.6 Å². The molecular weight excluding hydrogens is 406 g/mol. The number of carbonyl (C=O) groups excluding carboxylic acids is 2. The third-order valence-corrected chi connectivity index (χ3v) is 5.41. The summed E-state index contributed by atoms with van der Waals surface area (Å²) in [5.41, 5.74) is 7.62. The summed E-state index contributed by atoms with van der Waals surface area (Å²) in [6, 6.07) is 17.1. The van der Waals surface area contributed by atoms with Crippen LogP contribution >= 0.6 is 0 Å². The van der Waals surface area contributed by atoms with E-state index in [9.17, 15) is 9.59 Å². The molecule has 0 spiro atoms. The van der Waals surface area contributed by atoms with Crippen molar-refractivity contribution in [2.75, 3.05) is 19.7 Å². The minimum atomic E-state index is -0.470. The summed E-state index contributed by atoms with van der Waals surface area (Å²) in [4.78, 5) is 23.5. The number of hydrogen-bond acceptors (Lipinski definition) is 5. The molecule has 2 amide bonds. The molecule has 4 N–H and O–H groups in total. The van der Waals surface area contributed by atoms with Gasteiger partial charge in [0.1, 0.15) is 12.4 Å². The zero-order valence-corrected chi connectivity index (χ0v) is 18.4. The Morgan fingerprint density at radius 1 is 1.00 bits per heavy atom. The smallest absolute Gasteiger partial charge is 0.407 e. The van der Waals surface area contributed by atoms with Gasteiger partial charge in [-0.2, -0.15) is 0 Å². The zero-order valence-electron chi connectivity index (χ0n) is 18.4. The summed E-state index contributed by atoms with van der Waals surface area (Å²) in [5, 5.41) is 5.92. The lowest BCUT2D eigenvalue weighted by Crippen LogP contribution is -2.42. The van der Waals surface area contributed by atoms with E-state index in [0.29, 0.717) is 25.9 Å². The number of ether oxygens (including phenoxy) is 2. The second-order valence-electron chi connectivity index (χ2n) is 8.19. The van der Waals surface area contributed by atoms with Crippen LogP contribution < -0.4 is 21.1 Å². The van der Waals surface area contributed by atoms with Crippen molar-refractivity contribution in [1.82, 2.24) is 10.6 Å². The third-order valence-electron chi connectivity index (χ3n) is 5.41. The number of benzene rings is 2. The van der Waals surface area contributed by atoms with Crippen LogP contribution in [-0.2, 0) is 22.6 Å². The first-order valence-electron chi connectivity index (χ1n) is 11.3. The fourth-order valence-electron chi connectivity index (χ4n) is 3.26. The molecule has 1 atom stereocenters. The van der Waals surface area contributed by atoms with Gasteiger partial charge in [-0.05, 0) is 67.8 Å². The normalized spacial score (nSPS) is 13.9. The van der Waals surface area contributed by atoms with Gasteiger partial charge in [0, 0.05) is 6.54 Å². The molecular formula is C25H33N3O4. The lowest BCUT2D eigenvalue weighted by molar-refractivity contribution is -0.120. The molecule has 0 aromatic heterocycles. The highest BCUT2D eigenvalue weighted by Crippen LogP contribution is 2.29. The van der Waals surface area contributed by atoms with Crippen molar-refractivity contribution in [2.24, 2.45) is 11.7 Å². The molecule has 0 radical (unpaired) electrons. The van der Waals surface area contributed by atoms with Crippen LogP contribution in [-0.4, -0.2) is 37.7 Å². The largest absolute Gasteiger partial charge is 0.493 e. The summed E-state index contributed by atoms with van der Waals surface area (Å²) >= 11 is 0. The summed E-state index contributed by atoms with van der Waals surface area (Å²) in [7, 11) is 0. The molecule has 32 heavy (non-hydrogen) atoms. The topological polar surface area (TPSA) is 103 Å². The molecule has 2 aromatic carbocycles. The van der Waals surface area contributed by atoms with Crippen LogP contribution in [0.1, 0.15) is 36.8 Å². The Morgan fingerprint density at radius 2 is 1.75 bits per heavy atom. The van der Waals surface area contributed by atoms with E-state index >= 15 is 0 Å². The maximum atomic E-state index is 11.8.